The molecule has 1 fully saturated rings. The smallest absolute Gasteiger partial charge is 0.276 e. The van der Waals surface area contributed by atoms with E-state index in [2.05, 4.69) is 10.6 Å². The minimum absolute atomic E-state index is 0.179. The highest BCUT2D eigenvalue weighted by Crippen LogP contribution is 2.29. The van der Waals surface area contributed by atoms with Crippen molar-refractivity contribution in [3.05, 3.63) is 83.9 Å². The second kappa shape index (κ2) is 10.0. The monoisotopic (exact) mass is 463 g/mol. The molecule has 2 amide bonds. The van der Waals surface area contributed by atoms with Gasteiger partial charge in [0, 0.05) is 5.69 Å². The number of amides is 2. The van der Waals surface area contributed by atoms with E-state index in [9.17, 15) is 9.59 Å². The molecule has 1 saturated heterocycles. The Kier molecular flexibility index (Phi) is 6.70. The fourth-order valence-electron chi connectivity index (χ4n) is 3.20. The number of carbonyl (C=O) groups excluding carboxylic acids is 2. The highest BCUT2D eigenvalue weighted by atomic mass is 32.1. The maximum Gasteiger partial charge on any atom is 0.276 e. The number of ether oxygens (including phenoxy) is 2. The van der Waals surface area contributed by atoms with E-state index in [1.165, 1.54) is 12.0 Å². The van der Waals surface area contributed by atoms with Crippen LogP contribution >= 0.6 is 12.2 Å². The van der Waals surface area contributed by atoms with Crippen molar-refractivity contribution in [1.29, 1.82) is 0 Å². The van der Waals surface area contributed by atoms with Gasteiger partial charge in [0.25, 0.3) is 11.8 Å². The van der Waals surface area contributed by atoms with E-state index >= 15 is 0 Å². The van der Waals surface area contributed by atoms with Crippen molar-refractivity contribution < 1.29 is 23.5 Å². The molecule has 8 nitrogen and oxygen atoms in total. The van der Waals surface area contributed by atoms with Crippen LogP contribution in [0.2, 0.25) is 0 Å². The molecule has 0 aliphatic carbocycles. The van der Waals surface area contributed by atoms with Crippen molar-refractivity contribution in [2.45, 2.75) is 6.54 Å². The molecule has 1 aliphatic rings. The molecule has 2 N–H and O–H groups in total. The van der Waals surface area contributed by atoms with E-state index in [1.807, 2.05) is 18.2 Å². The summed E-state index contributed by atoms with van der Waals surface area (Å²) in [6.07, 6.45) is 3.22. The minimum Gasteiger partial charge on any atom is -0.493 e. The molecular formula is C24H21N3O5S. The molecule has 1 aliphatic heterocycles. The fraction of sp³-hybridized carbons (Fsp3) is 0.125. The van der Waals surface area contributed by atoms with Gasteiger partial charge in [0.05, 0.1) is 19.9 Å². The van der Waals surface area contributed by atoms with E-state index in [4.69, 9.17) is 26.1 Å². The van der Waals surface area contributed by atoms with Crippen LogP contribution in [0, 0.1) is 0 Å². The maximum absolute atomic E-state index is 12.8. The molecule has 2 aromatic carbocycles. The van der Waals surface area contributed by atoms with Crippen molar-refractivity contribution in [2.75, 3.05) is 19.0 Å². The van der Waals surface area contributed by atoms with E-state index in [-0.39, 0.29) is 25.0 Å². The van der Waals surface area contributed by atoms with Gasteiger partial charge in [-0.3, -0.25) is 14.5 Å². The lowest BCUT2D eigenvalue weighted by Crippen LogP contribution is -2.29. The first-order valence-corrected chi connectivity index (χ1v) is 10.5. The van der Waals surface area contributed by atoms with Crippen LogP contribution in [0.3, 0.4) is 0 Å². The molecule has 0 unspecified atom stereocenters. The predicted molar refractivity (Wildman–Crippen MR) is 127 cm³/mol. The van der Waals surface area contributed by atoms with Crippen molar-refractivity contribution in [1.82, 2.24) is 10.2 Å². The van der Waals surface area contributed by atoms with Gasteiger partial charge in [0.15, 0.2) is 23.2 Å². The number of para-hydroxylation sites is 1. The van der Waals surface area contributed by atoms with Crippen LogP contribution in [-0.2, 0) is 16.1 Å². The summed E-state index contributed by atoms with van der Waals surface area (Å²) in [5.41, 5.74) is 1.73. The predicted octanol–water partition coefficient (Wildman–Crippen LogP) is 3.56. The van der Waals surface area contributed by atoms with E-state index in [0.29, 0.717) is 39.3 Å². The van der Waals surface area contributed by atoms with E-state index in [1.54, 1.807) is 54.8 Å². The summed E-state index contributed by atoms with van der Waals surface area (Å²) < 4.78 is 16.3. The Morgan fingerprint density at radius 3 is 2.70 bits per heavy atom. The Morgan fingerprint density at radius 1 is 1.15 bits per heavy atom. The lowest BCUT2D eigenvalue weighted by molar-refractivity contribution is -0.123. The summed E-state index contributed by atoms with van der Waals surface area (Å²) in [6, 6.07) is 17.8. The first kappa shape index (κ1) is 22.1. The number of thiocarbonyl (C=S) groups is 1. The van der Waals surface area contributed by atoms with Gasteiger partial charge < -0.3 is 24.5 Å². The summed E-state index contributed by atoms with van der Waals surface area (Å²) in [6.45, 7) is 0.0674. The third kappa shape index (κ3) is 5.39. The lowest BCUT2D eigenvalue weighted by atomic mass is 10.1. The second-order valence-corrected chi connectivity index (χ2v) is 7.46. The van der Waals surface area contributed by atoms with Gasteiger partial charge in [0.2, 0.25) is 0 Å². The highest BCUT2D eigenvalue weighted by molar-refractivity contribution is 7.80. The molecule has 0 radical (unpaired) electrons. The molecule has 4 rings (SSSR count). The number of carbonyl (C=O) groups is 2. The standard InChI is InChI=1S/C24H21N3O5S/c1-30-21-13-16(9-10-20(21)32-15-22(28)25-17-6-3-2-4-7-17)12-19-23(29)27(24(33)26-19)14-18-8-5-11-31-18/h2-13H,14-15H2,1H3,(H,25,28)(H,26,33)/b19-12+. The molecule has 9 heteroatoms. The zero-order chi connectivity index (χ0) is 23.2. The largest absolute Gasteiger partial charge is 0.493 e. The number of nitrogens with zero attached hydrogens (tertiary/aromatic N) is 1. The van der Waals surface area contributed by atoms with Gasteiger partial charge >= 0.3 is 0 Å². The van der Waals surface area contributed by atoms with Crippen LogP contribution in [0.15, 0.2) is 77.0 Å². The molecule has 0 spiro atoms. The van der Waals surface area contributed by atoms with Crippen LogP contribution in [0.1, 0.15) is 11.3 Å². The van der Waals surface area contributed by atoms with Crippen LogP contribution in [0.5, 0.6) is 11.5 Å². The van der Waals surface area contributed by atoms with Crippen LogP contribution in [0.25, 0.3) is 6.08 Å². The first-order chi connectivity index (χ1) is 16.0. The Balaban J connectivity index is 1.42. The van der Waals surface area contributed by atoms with Crippen molar-refractivity contribution >= 4 is 40.9 Å². The van der Waals surface area contributed by atoms with Crippen molar-refractivity contribution in [3.63, 3.8) is 0 Å². The summed E-state index contributed by atoms with van der Waals surface area (Å²) >= 11 is 5.29. The topological polar surface area (TPSA) is 93.0 Å². The Morgan fingerprint density at radius 2 is 1.97 bits per heavy atom. The number of hydrogen-bond donors (Lipinski definition) is 2. The van der Waals surface area contributed by atoms with Gasteiger partial charge in [-0.05, 0) is 60.3 Å². The van der Waals surface area contributed by atoms with Crippen LogP contribution < -0.4 is 20.1 Å². The van der Waals surface area contributed by atoms with Crippen LogP contribution in [-0.4, -0.2) is 35.5 Å². The molecule has 33 heavy (non-hydrogen) atoms. The lowest BCUT2D eigenvalue weighted by Gasteiger charge is -2.12. The number of anilines is 1. The Hall–Kier alpha value is -4.11. The summed E-state index contributed by atoms with van der Waals surface area (Å²) in [5.74, 6) is 0.919. The van der Waals surface area contributed by atoms with Gasteiger partial charge in [-0.1, -0.05) is 24.3 Å². The van der Waals surface area contributed by atoms with Crippen molar-refractivity contribution in [2.24, 2.45) is 0 Å². The molecule has 0 atom stereocenters. The molecule has 2 heterocycles. The normalized spacial score (nSPS) is 14.3. The summed E-state index contributed by atoms with van der Waals surface area (Å²) in [5, 5.41) is 5.99. The molecule has 1 aromatic heterocycles. The van der Waals surface area contributed by atoms with Gasteiger partial charge in [0.1, 0.15) is 11.5 Å². The third-order valence-corrected chi connectivity index (χ3v) is 5.09. The average molecular weight is 464 g/mol. The molecule has 3 aromatic rings. The number of hydrogen-bond acceptors (Lipinski definition) is 6. The average Bonchev–Trinajstić information content (AvgIpc) is 3.43. The summed E-state index contributed by atoms with van der Waals surface area (Å²) in [7, 11) is 1.50. The minimum atomic E-state index is -0.291. The number of nitrogens with one attached hydrogen (secondary N) is 2. The zero-order valence-corrected chi connectivity index (χ0v) is 18.6. The molecule has 168 valence electrons. The maximum atomic E-state index is 12.8. The van der Waals surface area contributed by atoms with Gasteiger partial charge in [-0.15, -0.1) is 0 Å². The third-order valence-electron chi connectivity index (χ3n) is 4.77. The molecular weight excluding hydrogens is 442 g/mol. The van der Waals surface area contributed by atoms with E-state index in [0.717, 1.165) is 0 Å². The highest BCUT2D eigenvalue weighted by Gasteiger charge is 2.31. The van der Waals surface area contributed by atoms with Crippen molar-refractivity contribution in [3.8, 4) is 11.5 Å². The second-order valence-electron chi connectivity index (χ2n) is 7.07. The van der Waals surface area contributed by atoms with Gasteiger partial charge in [-0.2, -0.15) is 0 Å². The molecule has 0 bridgehead atoms. The fourth-order valence-corrected chi connectivity index (χ4v) is 3.45. The number of rotatable bonds is 8. The zero-order valence-electron chi connectivity index (χ0n) is 17.7. The SMILES string of the molecule is COc1cc(/C=C2/NC(=S)N(Cc3ccco3)C2=O)ccc1OCC(=O)Nc1ccccc1. The Bertz CT molecular complexity index is 1190. The summed E-state index contributed by atoms with van der Waals surface area (Å²) in [4.78, 5) is 26.3. The van der Waals surface area contributed by atoms with E-state index < -0.39 is 0 Å². The number of methoxy groups -OCH3 is 1. The quantitative estimate of drug-likeness (QED) is 0.390. The number of furan rings is 1. The Labute approximate surface area is 195 Å². The first-order valence-electron chi connectivity index (χ1n) is 10.1. The van der Waals surface area contributed by atoms with Crippen LogP contribution in [0.4, 0.5) is 5.69 Å². The molecule has 0 saturated carbocycles. The van der Waals surface area contributed by atoms with Gasteiger partial charge in [-0.25, -0.2) is 0 Å². The number of benzene rings is 2.